The van der Waals surface area contributed by atoms with Gasteiger partial charge in [0.15, 0.2) is 0 Å². The van der Waals surface area contributed by atoms with Crippen molar-refractivity contribution >= 4 is 71.1 Å². The van der Waals surface area contributed by atoms with Gasteiger partial charge in [0.2, 0.25) is 0 Å². The Balaban J connectivity index is 2.60. The molecule has 0 spiro atoms. The Morgan fingerprint density at radius 2 is 0.414 bits per heavy atom. The molecular weight excluding hydrogens is 1170 g/mol. The number of carbonyl (C=O) groups is 6. The first-order valence-corrected chi connectivity index (χ1v) is 37.5. The molecule has 0 aliphatic heterocycles. The molecule has 1 rings (SSSR count). The first kappa shape index (κ1) is 81.3. The fraction of sp³-hybridized carbons (Fsp3) is 0.864. The predicted octanol–water partition coefficient (Wildman–Crippen LogP) is 13.9. The van der Waals surface area contributed by atoms with Crippen LogP contribution in [-0.4, -0.2) is 124 Å². The molecule has 0 aliphatic carbocycles. The fourth-order valence-corrected chi connectivity index (χ4v) is 12.0. The third-order valence-corrected chi connectivity index (χ3v) is 17.8. The number of nitrogens with zero attached hydrogens (tertiary/aromatic N) is 3. The zero-order chi connectivity index (χ0) is 63.5. The lowest BCUT2D eigenvalue weighted by Crippen LogP contribution is -2.55. The minimum absolute atomic E-state index is 0.0168. The van der Waals surface area contributed by atoms with Gasteiger partial charge < -0.3 is 28.4 Å². The summed E-state index contributed by atoms with van der Waals surface area (Å²) in [6.45, 7) is 5.63. The van der Waals surface area contributed by atoms with Crippen molar-refractivity contribution in [3.63, 3.8) is 0 Å². The van der Waals surface area contributed by atoms with Gasteiger partial charge >= 0.3 is 52.9 Å². The lowest BCUT2D eigenvalue weighted by atomic mass is 10.1. The van der Waals surface area contributed by atoms with Gasteiger partial charge in [0.05, 0.1) is 78.0 Å². The number of unbranched alkanes of at least 4 members (excludes halogenated alkanes) is 30. The number of thioether (sulfide) groups is 3. The number of esters is 6. The standard InChI is InChI=1S/C66H117N3O15S3/c1-4-7-10-13-16-19-22-25-28-31-34-46-79-58(70)37-52-85-55-40-61(73)82-49-43-67-64(76)68(44-50-83-62(74)41-56-86-53-38-59(71)80-47-35-32-29-26-23-20-17-14-11-8-5-2)66(78)69(65(67)77)45-51-84-63(75)42-57-87-54-39-60(72)81-48-36-33-30-27-24-21-18-15-12-9-6-3/h4-57H2,1-3H3. The van der Waals surface area contributed by atoms with E-state index >= 15 is 0 Å². The average Bonchev–Trinajstić information content (AvgIpc) is 1.35. The molecule has 0 radical (unpaired) electrons. The van der Waals surface area contributed by atoms with E-state index in [4.69, 9.17) is 28.4 Å². The van der Waals surface area contributed by atoms with Crippen LogP contribution in [0.1, 0.15) is 271 Å². The molecule has 0 atom stereocenters. The fourth-order valence-electron chi connectivity index (χ4n) is 9.54. The largest absolute Gasteiger partial charge is 0.466 e. The highest BCUT2D eigenvalue weighted by Gasteiger charge is 2.18. The summed E-state index contributed by atoms with van der Waals surface area (Å²) in [5.41, 5.74) is -3.01. The minimum Gasteiger partial charge on any atom is -0.466 e. The Morgan fingerprint density at radius 3 is 0.598 bits per heavy atom. The minimum atomic E-state index is -1.00. The van der Waals surface area contributed by atoms with Gasteiger partial charge in [-0.3, -0.25) is 28.8 Å². The van der Waals surface area contributed by atoms with Gasteiger partial charge in [0.1, 0.15) is 19.8 Å². The Morgan fingerprint density at radius 1 is 0.253 bits per heavy atom. The average molecular weight is 1290 g/mol. The monoisotopic (exact) mass is 1290 g/mol. The SMILES string of the molecule is CCCCCCCCCCCCCOC(=O)CCSCCC(=O)OCCn1c(=O)n(CCOC(=O)CCSCCC(=O)OCCCCCCCCCCCCC)c(=O)n(CCOC(=O)CCSCCC(=O)OCCCCCCCCCCCCC)c1=O. The van der Waals surface area contributed by atoms with Gasteiger partial charge in [0, 0.05) is 34.5 Å². The summed E-state index contributed by atoms with van der Waals surface area (Å²) in [6, 6.07) is 0. The van der Waals surface area contributed by atoms with Crippen molar-refractivity contribution in [3.8, 4) is 0 Å². The molecule has 18 nitrogen and oxygen atoms in total. The highest BCUT2D eigenvalue weighted by molar-refractivity contribution is 7.99. The first-order chi connectivity index (χ1) is 42.4. The Bertz CT molecular complexity index is 1840. The molecule has 1 heterocycles. The Hall–Kier alpha value is -3.72. The van der Waals surface area contributed by atoms with Crippen LogP contribution in [-0.2, 0) is 76.8 Å². The number of hydrogen-bond donors (Lipinski definition) is 0. The second-order valence-electron chi connectivity index (χ2n) is 22.6. The van der Waals surface area contributed by atoms with E-state index in [9.17, 15) is 43.2 Å². The molecular formula is C66H117N3O15S3. The van der Waals surface area contributed by atoms with Gasteiger partial charge in [-0.15, -0.1) is 0 Å². The summed E-state index contributed by atoms with van der Waals surface area (Å²) < 4.78 is 34.4. The molecule has 0 N–H and O–H groups in total. The van der Waals surface area contributed by atoms with Crippen molar-refractivity contribution in [2.75, 3.05) is 74.2 Å². The van der Waals surface area contributed by atoms with Crippen LogP contribution in [0.25, 0.3) is 0 Å². The Labute approximate surface area is 535 Å². The van der Waals surface area contributed by atoms with Crippen LogP contribution in [0.3, 0.4) is 0 Å². The van der Waals surface area contributed by atoms with Crippen LogP contribution in [0.4, 0.5) is 0 Å². The van der Waals surface area contributed by atoms with Gasteiger partial charge in [-0.1, -0.05) is 213 Å². The molecule has 0 aliphatic rings. The highest BCUT2D eigenvalue weighted by atomic mass is 32.2. The summed E-state index contributed by atoms with van der Waals surface area (Å²) in [4.78, 5) is 116. The Kier molecular flexibility index (Phi) is 55.9. The number of rotatable bonds is 63. The first-order valence-electron chi connectivity index (χ1n) is 34.1. The lowest BCUT2D eigenvalue weighted by molar-refractivity contribution is -0.144. The van der Waals surface area contributed by atoms with Crippen molar-refractivity contribution in [1.29, 1.82) is 0 Å². The summed E-state index contributed by atoms with van der Waals surface area (Å²) in [5.74, 6) is -0.0317. The predicted molar refractivity (Wildman–Crippen MR) is 354 cm³/mol. The van der Waals surface area contributed by atoms with Crippen LogP contribution >= 0.6 is 35.3 Å². The van der Waals surface area contributed by atoms with Gasteiger partial charge in [0.25, 0.3) is 0 Å². The maximum absolute atomic E-state index is 13.7. The van der Waals surface area contributed by atoms with Crippen LogP contribution in [0.15, 0.2) is 14.4 Å². The number of aromatic nitrogens is 3. The van der Waals surface area contributed by atoms with E-state index in [1.165, 1.54) is 189 Å². The molecule has 21 heteroatoms. The molecule has 0 saturated heterocycles. The van der Waals surface area contributed by atoms with E-state index in [0.717, 1.165) is 71.5 Å². The molecule has 0 bridgehead atoms. The summed E-state index contributed by atoms with van der Waals surface area (Å²) in [6.07, 6.45) is 40.7. The van der Waals surface area contributed by atoms with Crippen molar-refractivity contribution in [3.05, 3.63) is 31.5 Å². The molecule has 0 amide bonds. The second kappa shape index (κ2) is 59.9. The van der Waals surface area contributed by atoms with Gasteiger partial charge in [-0.2, -0.15) is 35.3 Å². The molecule has 504 valence electrons. The maximum atomic E-state index is 13.7. The second-order valence-corrected chi connectivity index (χ2v) is 26.2. The number of ether oxygens (including phenoxy) is 6. The third kappa shape index (κ3) is 48.8. The number of hydrogen-bond acceptors (Lipinski definition) is 18. The number of carbonyl (C=O) groups excluding carboxylic acids is 6. The van der Waals surface area contributed by atoms with Crippen LogP contribution < -0.4 is 17.1 Å². The zero-order valence-corrected chi connectivity index (χ0v) is 56.8. The van der Waals surface area contributed by atoms with Crippen molar-refractivity contribution < 1.29 is 57.2 Å². The molecule has 0 unspecified atom stereocenters. The maximum Gasteiger partial charge on any atom is 0.336 e. The van der Waals surface area contributed by atoms with E-state index in [-0.39, 0.29) is 76.3 Å². The molecule has 1 aromatic heterocycles. The zero-order valence-electron chi connectivity index (χ0n) is 54.4. The quantitative estimate of drug-likeness (QED) is 0.0336. The van der Waals surface area contributed by atoms with Crippen molar-refractivity contribution in [2.24, 2.45) is 0 Å². The van der Waals surface area contributed by atoms with Crippen molar-refractivity contribution in [2.45, 2.75) is 291 Å². The summed E-state index contributed by atoms with van der Waals surface area (Å²) >= 11 is 4.21. The summed E-state index contributed by atoms with van der Waals surface area (Å²) in [5, 5.41) is 0. The van der Waals surface area contributed by atoms with E-state index in [1.807, 2.05) is 0 Å². The smallest absolute Gasteiger partial charge is 0.336 e. The van der Waals surface area contributed by atoms with Crippen LogP contribution in [0, 0.1) is 0 Å². The van der Waals surface area contributed by atoms with E-state index in [0.29, 0.717) is 54.3 Å². The molecule has 1 aromatic rings. The molecule has 87 heavy (non-hydrogen) atoms. The topological polar surface area (TPSA) is 224 Å². The molecule has 0 aromatic carbocycles. The van der Waals surface area contributed by atoms with E-state index in [2.05, 4.69) is 20.8 Å². The summed E-state index contributed by atoms with van der Waals surface area (Å²) in [7, 11) is 0. The van der Waals surface area contributed by atoms with E-state index < -0.39 is 54.6 Å². The highest BCUT2D eigenvalue weighted by Crippen LogP contribution is 2.16. The van der Waals surface area contributed by atoms with Gasteiger partial charge in [-0.25, -0.2) is 28.1 Å². The van der Waals surface area contributed by atoms with Crippen LogP contribution in [0.2, 0.25) is 0 Å². The molecule has 0 saturated carbocycles. The van der Waals surface area contributed by atoms with Gasteiger partial charge in [-0.05, 0) is 19.3 Å². The normalized spacial score (nSPS) is 11.2. The van der Waals surface area contributed by atoms with Crippen LogP contribution in [0.5, 0.6) is 0 Å². The molecule has 0 fully saturated rings. The van der Waals surface area contributed by atoms with Crippen molar-refractivity contribution in [1.82, 2.24) is 13.7 Å². The van der Waals surface area contributed by atoms with E-state index in [1.54, 1.807) is 0 Å². The third-order valence-electron chi connectivity index (χ3n) is 14.9. The lowest BCUT2D eigenvalue weighted by Gasteiger charge is -2.14.